The molecule has 0 aliphatic heterocycles. The normalized spacial score (nSPS) is 13.8. The first-order valence-electron chi connectivity index (χ1n) is 9.12. The van der Waals surface area contributed by atoms with E-state index in [9.17, 15) is 9.59 Å². The number of hydrogen-bond donors (Lipinski definition) is 2. The van der Waals surface area contributed by atoms with Crippen molar-refractivity contribution in [3.05, 3.63) is 54.1 Å². The molecule has 1 saturated carbocycles. The lowest BCUT2D eigenvalue weighted by molar-refractivity contribution is -0.118. The second-order valence-electron chi connectivity index (χ2n) is 6.51. The van der Waals surface area contributed by atoms with Gasteiger partial charge in [-0.3, -0.25) is 9.59 Å². The summed E-state index contributed by atoms with van der Waals surface area (Å²) in [6.07, 6.45) is 4.31. The number of nitrogens with one attached hydrogen (secondary N) is 2. The van der Waals surface area contributed by atoms with Crippen LogP contribution in [0.4, 0.5) is 5.69 Å². The number of hydrogen-bond acceptors (Lipinski definition) is 4. The predicted molar refractivity (Wildman–Crippen MR) is 103 cm³/mol. The van der Waals surface area contributed by atoms with E-state index in [1.807, 2.05) is 0 Å². The van der Waals surface area contributed by atoms with Crippen molar-refractivity contribution in [2.75, 3.05) is 19.0 Å². The summed E-state index contributed by atoms with van der Waals surface area (Å²) in [7, 11) is 1.59. The molecule has 2 aromatic rings. The van der Waals surface area contributed by atoms with Crippen molar-refractivity contribution >= 4 is 17.5 Å². The summed E-state index contributed by atoms with van der Waals surface area (Å²) in [5, 5.41) is 5.80. The minimum atomic E-state index is -0.327. The van der Waals surface area contributed by atoms with Crippen molar-refractivity contribution < 1.29 is 19.1 Å². The third-order valence-electron chi connectivity index (χ3n) is 4.57. The lowest BCUT2D eigenvalue weighted by Crippen LogP contribution is -2.33. The first-order valence-corrected chi connectivity index (χ1v) is 9.12. The topological polar surface area (TPSA) is 76.7 Å². The van der Waals surface area contributed by atoms with Crippen molar-refractivity contribution in [2.24, 2.45) is 0 Å². The Morgan fingerprint density at radius 1 is 1.00 bits per heavy atom. The molecule has 0 saturated heterocycles. The van der Waals surface area contributed by atoms with E-state index in [-0.39, 0.29) is 24.5 Å². The number of para-hydroxylation sites is 1. The van der Waals surface area contributed by atoms with Gasteiger partial charge in [-0.15, -0.1) is 0 Å². The van der Waals surface area contributed by atoms with Gasteiger partial charge in [0, 0.05) is 6.04 Å². The van der Waals surface area contributed by atoms with Gasteiger partial charge < -0.3 is 20.1 Å². The third-order valence-corrected chi connectivity index (χ3v) is 4.57. The van der Waals surface area contributed by atoms with Crippen LogP contribution in [-0.2, 0) is 4.79 Å². The molecule has 0 unspecified atom stereocenters. The fourth-order valence-corrected chi connectivity index (χ4v) is 3.13. The molecule has 2 N–H and O–H groups in total. The van der Waals surface area contributed by atoms with Gasteiger partial charge in [0.1, 0.15) is 11.5 Å². The van der Waals surface area contributed by atoms with E-state index in [4.69, 9.17) is 9.47 Å². The Hall–Kier alpha value is -3.02. The Morgan fingerprint density at radius 3 is 2.37 bits per heavy atom. The minimum absolute atomic E-state index is 0.148. The number of carbonyl (C=O) groups is 2. The van der Waals surface area contributed by atoms with Crippen LogP contribution in [0.25, 0.3) is 0 Å². The molecule has 1 aliphatic rings. The van der Waals surface area contributed by atoms with E-state index in [0.29, 0.717) is 22.7 Å². The van der Waals surface area contributed by atoms with Crippen molar-refractivity contribution in [2.45, 2.75) is 31.7 Å². The summed E-state index contributed by atoms with van der Waals surface area (Å²) >= 11 is 0. The van der Waals surface area contributed by atoms with Crippen LogP contribution < -0.4 is 20.1 Å². The summed E-state index contributed by atoms with van der Waals surface area (Å²) < 4.78 is 10.6. The van der Waals surface area contributed by atoms with E-state index in [1.165, 1.54) is 0 Å². The summed E-state index contributed by atoms with van der Waals surface area (Å²) in [6.45, 7) is -0.148. The minimum Gasteiger partial charge on any atom is -0.497 e. The second-order valence-corrected chi connectivity index (χ2v) is 6.51. The molecule has 0 heterocycles. The monoisotopic (exact) mass is 368 g/mol. The maximum Gasteiger partial charge on any atom is 0.262 e. The van der Waals surface area contributed by atoms with E-state index in [1.54, 1.807) is 55.6 Å². The Balaban J connectivity index is 1.57. The SMILES string of the molecule is COc1ccc(OCC(=O)Nc2ccccc2C(=O)NC2CCCC2)cc1. The Kier molecular flexibility index (Phi) is 6.30. The van der Waals surface area contributed by atoms with Crippen LogP contribution in [0.2, 0.25) is 0 Å². The first kappa shape index (κ1) is 18.8. The molecule has 6 heteroatoms. The van der Waals surface area contributed by atoms with Crippen molar-refractivity contribution in [3.8, 4) is 11.5 Å². The van der Waals surface area contributed by atoms with E-state index in [0.717, 1.165) is 25.7 Å². The maximum atomic E-state index is 12.5. The standard InChI is InChI=1S/C21H24N2O4/c1-26-16-10-12-17(13-11-16)27-14-20(24)23-19-9-5-4-8-18(19)21(25)22-15-6-2-3-7-15/h4-5,8-13,15H,2-3,6-7,14H2,1H3,(H,22,25)(H,23,24). The zero-order valence-corrected chi connectivity index (χ0v) is 15.4. The van der Waals surface area contributed by atoms with Crippen LogP contribution in [0.5, 0.6) is 11.5 Å². The average Bonchev–Trinajstić information content (AvgIpc) is 3.20. The molecular formula is C21H24N2O4. The molecule has 1 aliphatic carbocycles. The molecule has 0 spiro atoms. The highest BCUT2D eigenvalue weighted by molar-refractivity contribution is 6.04. The lowest BCUT2D eigenvalue weighted by Gasteiger charge is -2.15. The predicted octanol–water partition coefficient (Wildman–Crippen LogP) is 3.39. The largest absolute Gasteiger partial charge is 0.497 e. The smallest absolute Gasteiger partial charge is 0.262 e. The number of amides is 2. The van der Waals surface area contributed by atoms with Crippen molar-refractivity contribution in [3.63, 3.8) is 0 Å². The molecule has 6 nitrogen and oxygen atoms in total. The summed E-state index contributed by atoms with van der Waals surface area (Å²) in [6, 6.07) is 14.2. The van der Waals surface area contributed by atoms with Crippen molar-refractivity contribution in [1.29, 1.82) is 0 Å². The Bertz CT molecular complexity index is 783. The molecule has 2 aromatic carbocycles. The first-order chi connectivity index (χ1) is 13.2. The highest BCUT2D eigenvalue weighted by Gasteiger charge is 2.20. The number of rotatable bonds is 7. The number of benzene rings is 2. The molecule has 0 aromatic heterocycles. The van der Waals surface area contributed by atoms with E-state index >= 15 is 0 Å². The van der Waals surface area contributed by atoms with E-state index in [2.05, 4.69) is 10.6 Å². The number of carbonyl (C=O) groups excluding carboxylic acids is 2. The fraction of sp³-hybridized carbons (Fsp3) is 0.333. The van der Waals surface area contributed by atoms with Crippen LogP contribution in [0.1, 0.15) is 36.0 Å². The van der Waals surface area contributed by atoms with Crippen LogP contribution in [-0.4, -0.2) is 31.6 Å². The number of anilines is 1. The average molecular weight is 368 g/mol. The molecule has 27 heavy (non-hydrogen) atoms. The Morgan fingerprint density at radius 2 is 1.67 bits per heavy atom. The van der Waals surface area contributed by atoms with Gasteiger partial charge in [-0.2, -0.15) is 0 Å². The maximum absolute atomic E-state index is 12.5. The highest BCUT2D eigenvalue weighted by Crippen LogP contribution is 2.21. The van der Waals surface area contributed by atoms with Gasteiger partial charge in [0.2, 0.25) is 0 Å². The van der Waals surface area contributed by atoms with Crippen LogP contribution in [0.15, 0.2) is 48.5 Å². The summed E-state index contributed by atoms with van der Waals surface area (Å²) in [5.74, 6) is 0.799. The van der Waals surface area contributed by atoms with Gasteiger partial charge in [0.25, 0.3) is 11.8 Å². The zero-order chi connectivity index (χ0) is 19.1. The van der Waals surface area contributed by atoms with Crippen LogP contribution in [0.3, 0.4) is 0 Å². The van der Waals surface area contributed by atoms with Crippen molar-refractivity contribution in [1.82, 2.24) is 5.32 Å². The fourth-order valence-electron chi connectivity index (χ4n) is 3.13. The third kappa shape index (κ3) is 5.23. The molecule has 0 radical (unpaired) electrons. The highest BCUT2D eigenvalue weighted by atomic mass is 16.5. The zero-order valence-electron chi connectivity index (χ0n) is 15.4. The molecule has 3 rings (SSSR count). The molecule has 2 amide bonds. The van der Waals surface area contributed by atoms with Gasteiger partial charge in [0.05, 0.1) is 18.4 Å². The molecule has 142 valence electrons. The van der Waals surface area contributed by atoms with Gasteiger partial charge in [-0.1, -0.05) is 25.0 Å². The van der Waals surface area contributed by atoms with Gasteiger partial charge in [0.15, 0.2) is 6.61 Å². The van der Waals surface area contributed by atoms with E-state index < -0.39 is 0 Å². The molecule has 1 fully saturated rings. The van der Waals surface area contributed by atoms with Gasteiger partial charge >= 0.3 is 0 Å². The summed E-state index contributed by atoms with van der Waals surface area (Å²) in [4.78, 5) is 24.8. The van der Waals surface area contributed by atoms with Gasteiger partial charge in [-0.05, 0) is 49.2 Å². The van der Waals surface area contributed by atoms with Crippen LogP contribution >= 0.6 is 0 Å². The number of methoxy groups -OCH3 is 1. The van der Waals surface area contributed by atoms with Crippen LogP contribution in [0, 0.1) is 0 Å². The molecule has 0 bridgehead atoms. The summed E-state index contributed by atoms with van der Waals surface area (Å²) in [5.41, 5.74) is 0.943. The lowest BCUT2D eigenvalue weighted by atomic mass is 10.1. The Labute approximate surface area is 158 Å². The second kappa shape index (κ2) is 9.07. The molecular weight excluding hydrogens is 344 g/mol. The quantitative estimate of drug-likeness (QED) is 0.785. The molecule has 0 atom stereocenters. The van der Waals surface area contributed by atoms with Gasteiger partial charge in [-0.25, -0.2) is 0 Å². The number of ether oxygens (including phenoxy) is 2.